The molecule has 1 radical (unpaired) electrons. The van der Waals surface area contributed by atoms with Crippen LogP contribution < -0.4 is 0 Å². The van der Waals surface area contributed by atoms with Gasteiger partial charge in [0.05, 0.1) is 22.7 Å². The molecule has 67 valence electrons. The van der Waals surface area contributed by atoms with E-state index in [4.69, 9.17) is 0 Å². The van der Waals surface area contributed by atoms with Gasteiger partial charge in [-0.2, -0.15) is 5.10 Å². The molecule has 13 heavy (non-hydrogen) atoms. The zero-order valence-electron chi connectivity index (χ0n) is 6.96. The van der Waals surface area contributed by atoms with Gasteiger partial charge in [-0.05, 0) is 28.9 Å². The lowest BCUT2D eigenvalue weighted by Gasteiger charge is -1.98. The first kappa shape index (κ1) is 8.69. The zero-order valence-corrected chi connectivity index (χ0v) is 8.55. The Kier molecular flexibility index (Phi) is 2.07. The minimum atomic E-state index is -0.267. The number of hydrogen-bond acceptors (Lipinski definition) is 1. The molecule has 0 bridgehead atoms. The van der Waals surface area contributed by atoms with E-state index in [0.29, 0.717) is 4.47 Å². The van der Waals surface area contributed by atoms with Crippen LogP contribution in [0.5, 0.6) is 0 Å². The lowest BCUT2D eigenvalue weighted by Crippen LogP contribution is -1.93. The van der Waals surface area contributed by atoms with Crippen LogP contribution in [-0.2, 0) is 0 Å². The molecule has 2 nitrogen and oxygen atoms in total. The van der Waals surface area contributed by atoms with Crippen LogP contribution in [0, 0.1) is 12.4 Å². The van der Waals surface area contributed by atoms with Gasteiger partial charge in [-0.1, -0.05) is 0 Å². The monoisotopic (exact) mass is 241 g/mol. The predicted octanol–water partition coefficient (Wildman–Crippen LogP) is 2.97. The molecule has 2 aromatic rings. The van der Waals surface area contributed by atoms with Crippen molar-refractivity contribution in [3.05, 3.63) is 35.2 Å². The molecule has 0 saturated heterocycles. The third-order valence-electron chi connectivity index (χ3n) is 1.88. The van der Waals surface area contributed by atoms with E-state index in [9.17, 15) is 4.39 Å². The van der Waals surface area contributed by atoms with Gasteiger partial charge in [-0.3, -0.25) is 4.68 Å². The predicted molar refractivity (Wildman–Crippen MR) is 52.8 cm³/mol. The standard InChI is InChI=1S/C9H7BrFN2/c1-2-13-9-4-8(11)7(10)3-6(9)5-12-13/h2-5H,1H3. The molecule has 0 aliphatic heterocycles. The van der Waals surface area contributed by atoms with Crippen molar-refractivity contribution in [1.29, 1.82) is 0 Å². The van der Waals surface area contributed by atoms with E-state index in [-0.39, 0.29) is 5.82 Å². The summed E-state index contributed by atoms with van der Waals surface area (Å²) in [5, 5.41) is 4.99. The molecule has 0 aliphatic rings. The summed E-state index contributed by atoms with van der Waals surface area (Å²) in [5.41, 5.74) is 0.781. The summed E-state index contributed by atoms with van der Waals surface area (Å²) in [5.74, 6) is -0.267. The highest BCUT2D eigenvalue weighted by Crippen LogP contribution is 2.23. The first-order valence-corrected chi connectivity index (χ1v) is 4.63. The van der Waals surface area contributed by atoms with E-state index < -0.39 is 0 Å². The molecule has 2 rings (SSSR count). The van der Waals surface area contributed by atoms with Crippen molar-refractivity contribution < 1.29 is 4.39 Å². The number of halogens is 2. The second-order valence-electron chi connectivity index (χ2n) is 2.67. The average molecular weight is 242 g/mol. The molecule has 0 unspecified atom stereocenters. The van der Waals surface area contributed by atoms with Gasteiger partial charge >= 0.3 is 0 Å². The molecule has 1 heterocycles. The van der Waals surface area contributed by atoms with Crippen LogP contribution in [0.2, 0.25) is 0 Å². The van der Waals surface area contributed by atoms with Gasteiger partial charge in [0.1, 0.15) is 5.82 Å². The Morgan fingerprint density at radius 3 is 3.00 bits per heavy atom. The Hall–Kier alpha value is -0.900. The van der Waals surface area contributed by atoms with Gasteiger partial charge in [-0.25, -0.2) is 4.39 Å². The van der Waals surface area contributed by atoms with Gasteiger partial charge in [0.2, 0.25) is 0 Å². The normalized spacial score (nSPS) is 11.0. The van der Waals surface area contributed by atoms with Crippen molar-refractivity contribution in [2.45, 2.75) is 6.92 Å². The maximum atomic E-state index is 13.1. The van der Waals surface area contributed by atoms with Gasteiger partial charge in [0, 0.05) is 11.5 Å². The van der Waals surface area contributed by atoms with Gasteiger partial charge < -0.3 is 0 Å². The maximum Gasteiger partial charge on any atom is 0.139 e. The Morgan fingerprint density at radius 2 is 2.31 bits per heavy atom. The topological polar surface area (TPSA) is 17.8 Å². The van der Waals surface area contributed by atoms with Crippen LogP contribution in [0.3, 0.4) is 0 Å². The summed E-state index contributed by atoms with van der Waals surface area (Å²) in [6.45, 7) is 3.64. The Balaban J connectivity index is 2.77. The van der Waals surface area contributed by atoms with Gasteiger partial charge in [0.15, 0.2) is 0 Å². The molecule has 1 aromatic carbocycles. The highest BCUT2D eigenvalue weighted by atomic mass is 79.9. The molecule has 0 spiro atoms. The van der Waals surface area contributed by atoms with Gasteiger partial charge in [0.25, 0.3) is 0 Å². The molecule has 0 atom stereocenters. The molecule has 0 amide bonds. The lowest BCUT2D eigenvalue weighted by atomic mass is 10.2. The minimum absolute atomic E-state index is 0.267. The summed E-state index contributed by atoms with van der Waals surface area (Å²) in [6, 6.07) is 3.18. The molecule has 1 aromatic heterocycles. The van der Waals surface area contributed by atoms with Crippen molar-refractivity contribution in [2.75, 3.05) is 0 Å². The van der Waals surface area contributed by atoms with Crippen molar-refractivity contribution in [2.24, 2.45) is 0 Å². The van der Waals surface area contributed by atoms with E-state index in [2.05, 4.69) is 21.0 Å². The van der Waals surface area contributed by atoms with E-state index in [1.165, 1.54) is 6.07 Å². The molecule has 0 N–H and O–H groups in total. The van der Waals surface area contributed by atoms with E-state index in [1.807, 2.05) is 6.92 Å². The first-order valence-electron chi connectivity index (χ1n) is 3.84. The van der Waals surface area contributed by atoms with Gasteiger partial charge in [-0.15, -0.1) is 0 Å². The average Bonchev–Trinajstić information content (AvgIpc) is 2.48. The summed E-state index contributed by atoms with van der Waals surface area (Å²) in [7, 11) is 0. The summed E-state index contributed by atoms with van der Waals surface area (Å²) >= 11 is 3.13. The van der Waals surface area contributed by atoms with Crippen molar-refractivity contribution in [3.63, 3.8) is 0 Å². The van der Waals surface area contributed by atoms with Crippen LogP contribution in [-0.4, -0.2) is 9.78 Å². The largest absolute Gasteiger partial charge is 0.260 e. The molecular weight excluding hydrogens is 235 g/mol. The fraction of sp³-hybridized carbons (Fsp3) is 0.111. The molecular formula is C9H7BrFN2. The molecule has 0 aliphatic carbocycles. The molecule has 0 fully saturated rings. The highest BCUT2D eigenvalue weighted by molar-refractivity contribution is 9.10. The van der Waals surface area contributed by atoms with E-state index in [1.54, 1.807) is 23.5 Å². The first-order chi connectivity index (χ1) is 6.22. The smallest absolute Gasteiger partial charge is 0.139 e. The molecule has 0 saturated carbocycles. The van der Waals surface area contributed by atoms with Crippen molar-refractivity contribution in [3.8, 4) is 0 Å². The second kappa shape index (κ2) is 3.10. The van der Waals surface area contributed by atoms with Crippen molar-refractivity contribution >= 4 is 26.8 Å². The number of rotatable bonds is 1. The summed E-state index contributed by atoms with van der Waals surface area (Å²) in [4.78, 5) is 0. The van der Waals surface area contributed by atoms with Crippen molar-refractivity contribution in [1.82, 2.24) is 9.78 Å². The second-order valence-corrected chi connectivity index (χ2v) is 3.53. The fourth-order valence-electron chi connectivity index (χ4n) is 1.25. The number of aromatic nitrogens is 2. The number of fused-ring (bicyclic) bond motifs is 1. The quantitative estimate of drug-likeness (QED) is 0.751. The lowest BCUT2D eigenvalue weighted by molar-refractivity contribution is 0.622. The number of benzene rings is 1. The van der Waals surface area contributed by atoms with Crippen LogP contribution >= 0.6 is 15.9 Å². The summed E-state index contributed by atoms with van der Waals surface area (Å²) in [6.07, 6.45) is 1.71. The van der Waals surface area contributed by atoms with Crippen LogP contribution in [0.25, 0.3) is 10.9 Å². The SMILES string of the molecule is C[CH]n1ncc2cc(Br)c(F)cc21. The third-order valence-corrected chi connectivity index (χ3v) is 2.49. The van der Waals surface area contributed by atoms with Crippen LogP contribution in [0.4, 0.5) is 4.39 Å². The Bertz CT molecular complexity index is 450. The Morgan fingerprint density at radius 1 is 1.54 bits per heavy atom. The fourth-order valence-corrected chi connectivity index (χ4v) is 1.61. The highest BCUT2D eigenvalue weighted by Gasteiger charge is 2.05. The Labute approximate surface area is 83.5 Å². The van der Waals surface area contributed by atoms with E-state index in [0.717, 1.165) is 10.9 Å². The van der Waals surface area contributed by atoms with Crippen LogP contribution in [0.1, 0.15) is 6.92 Å². The minimum Gasteiger partial charge on any atom is -0.260 e. The molecule has 4 heteroatoms. The van der Waals surface area contributed by atoms with E-state index >= 15 is 0 Å². The third kappa shape index (κ3) is 1.35. The zero-order chi connectivity index (χ0) is 9.42. The van der Waals surface area contributed by atoms with Crippen LogP contribution in [0.15, 0.2) is 22.8 Å². The number of nitrogens with zero attached hydrogens (tertiary/aromatic N) is 2. The number of hydrogen-bond donors (Lipinski definition) is 0. The summed E-state index contributed by atoms with van der Waals surface area (Å²) < 4.78 is 15.3. The maximum absolute atomic E-state index is 13.1.